The van der Waals surface area contributed by atoms with E-state index in [1.807, 2.05) is 6.92 Å². The Morgan fingerprint density at radius 1 is 1.73 bits per heavy atom. The van der Waals surface area contributed by atoms with E-state index < -0.39 is 0 Å². The lowest BCUT2D eigenvalue weighted by Gasteiger charge is -2.09. The van der Waals surface area contributed by atoms with Crippen molar-refractivity contribution in [3.63, 3.8) is 0 Å². The van der Waals surface area contributed by atoms with E-state index in [0.717, 1.165) is 5.69 Å². The Morgan fingerprint density at radius 3 is 2.87 bits per heavy atom. The molecule has 0 radical (unpaired) electrons. The maximum absolute atomic E-state index is 11.6. The van der Waals surface area contributed by atoms with Crippen LogP contribution in [-0.2, 0) is 6.42 Å². The quantitative estimate of drug-likeness (QED) is 0.548. The van der Waals surface area contributed by atoms with Gasteiger partial charge in [-0.05, 0) is 13.3 Å². The number of aliphatic hydroxyl groups is 1. The summed E-state index contributed by atoms with van der Waals surface area (Å²) in [5.74, 6) is -0.370. The first kappa shape index (κ1) is 11.5. The zero-order valence-electron chi connectivity index (χ0n) is 8.87. The van der Waals surface area contributed by atoms with Crippen molar-refractivity contribution in [1.29, 1.82) is 0 Å². The Kier molecular flexibility index (Phi) is 3.68. The fraction of sp³-hybridized carbons (Fsp3) is 0.556. The normalized spacial score (nSPS) is 12.5. The number of aromatic nitrogens is 2. The maximum atomic E-state index is 11.6. The van der Waals surface area contributed by atoms with Gasteiger partial charge < -0.3 is 16.2 Å². The number of rotatable bonds is 4. The summed E-state index contributed by atoms with van der Waals surface area (Å²) in [4.78, 5) is 11.6. The van der Waals surface area contributed by atoms with Crippen molar-refractivity contribution in [2.45, 2.75) is 26.3 Å². The van der Waals surface area contributed by atoms with Gasteiger partial charge in [-0.25, -0.2) is 0 Å². The van der Waals surface area contributed by atoms with Crippen molar-refractivity contribution in [2.24, 2.45) is 0 Å². The molecule has 1 atom stereocenters. The molecule has 6 heteroatoms. The zero-order valence-corrected chi connectivity index (χ0v) is 8.87. The number of aliphatic hydroxyl groups excluding tert-OH is 1. The summed E-state index contributed by atoms with van der Waals surface area (Å²) in [5, 5.41) is 17.9. The van der Waals surface area contributed by atoms with E-state index in [2.05, 4.69) is 15.5 Å². The largest absolute Gasteiger partial charge is 0.395 e. The molecule has 15 heavy (non-hydrogen) atoms. The molecule has 1 aromatic rings. The summed E-state index contributed by atoms with van der Waals surface area (Å²) in [6.07, 6.45) is 0.696. The minimum absolute atomic E-state index is 0.114. The average Bonchev–Trinajstić information content (AvgIpc) is 2.59. The predicted molar refractivity (Wildman–Crippen MR) is 56.4 cm³/mol. The van der Waals surface area contributed by atoms with Gasteiger partial charge in [0.05, 0.1) is 18.0 Å². The smallest absolute Gasteiger partial charge is 0.274 e. The number of aryl methyl sites for hydroxylation is 1. The van der Waals surface area contributed by atoms with Crippen LogP contribution in [0.2, 0.25) is 0 Å². The molecule has 6 nitrogen and oxygen atoms in total. The lowest BCUT2D eigenvalue weighted by molar-refractivity contribution is 0.0918. The van der Waals surface area contributed by atoms with Crippen molar-refractivity contribution in [3.05, 3.63) is 11.4 Å². The molecule has 84 valence electrons. The highest BCUT2D eigenvalue weighted by Crippen LogP contribution is 2.13. The molecule has 0 spiro atoms. The van der Waals surface area contributed by atoms with E-state index in [4.69, 9.17) is 10.8 Å². The molecule has 0 bridgehead atoms. The Balaban J connectivity index is 2.78. The van der Waals surface area contributed by atoms with E-state index in [1.54, 1.807) is 6.92 Å². The van der Waals surface area contributed by atoms with Crippen molar-refractivity contribution in [1.82, 2.24) is 15.5 Å². The van der Waals surface area contributed by atoms with Crippen LogP contribution in [-0.4, -0.2) is 33.9 Å². The van der Waals surface area contributed by atoms with Crippen molar-refractivity contribution >= 4 is 11.6 Å². The third kappa shape index (κ3) is 2.47. The van der Waals surface area contributed by atoms with Crippen LogP contribution >= 0.6 is 0 Å². The topological polar surface area (TPSA) is 104 Å². The van der Waals surface area contributed by atoms with Crippen LogP contribution in [0.5, 0.6) is 0 Å². The van der Waals surface area contributed by atoms with Crippen LogP contribution in [0.4, 0.5) is 5.69 Å². The average molecular weight is 212 g/mol. The number of hydrogen-bond acceptors (Lipinski definition) is 4. The molecule has 1 rings (SSSR count). The monoisotopic (exact) mass is 212 g/mol. The van der Waals surface area contributed by atoms with Gasteiger partial charge in [-0.3, -0.25) is 9.89 Å². The van der Waals surface area contributed by atoms with Gasteiger partial charge in [-0.1, -0.05) is 6.92 Å². The number of nitrogens with two attached hydrogens (primary N) is 1. The number of anilines is 1. The Bertz CT molecular complexity index is 348. The summed E-state index contributed by atoms with van der Waals surface area (Å²) < 4.78 is 0. The first-order valence-electron chi connectivity index (χ1n) is 4.84. The highest BCUT2D eigenvalue weighted by Gasteiger charge is 2.17. The van der Waals surface area contributed by atoms with E-state index in [1.165, 1.54) is 0 Å². The van der Waals surface area contributed by atoms with Gasteiger partial charge in [0.2, 0.25) is 0 Å². The number of amides is 1. The summed E-state index contributed by atoms with van der Waals surface area (Å²) in [7, 11) is 0. The van der Waals surface area contributed by atoms with Gasteiger partial charge in [0.1, 0.15) is 0 Å². The van der Waals surface area contributed by atoms with Crippen LogP contribution in [0.1, 0.15) is 30.0 Å². The van der Waals surface area contributed by atoms with Crippen molar-refractivity contribution in [3.8, 4) is 0 Å². The van der Waals surface area contributed by atoms with E-state index >= 15 is 0 Å². The molecule has 1 heterocycles. The summed E-state index contributed by atoms with van der Waals surface area (Å²) >= 11 is 0. The van der Waals surface area contributed by atoms with Gasteiger partial charge in [-0.2, -0.15) is 5.10 Å². The second-order valence-corrected chi connectivity index (χ2v) is 3.38. The van der Waals surface area contributed by atoms with Crippen molar-refractivity contribution in [2.75, 3.05) is 12.3 Å². The maximum Gasteiger partial charge on any atom is 0.274 e. The molecular formula is C9H16N4O2. The molecule has 0 saturated heterocycles. The Labute approximate surface area is 87.9 Å². The lowest BCUT2D eigenvalue weighted by atomic mass is 10.2. The van der Waals surface area contributed by atoms with E-state index in [-0.39, 0.29) is 24.2 Å². The zero-order chi connectivity index (χ0) is 11.4. The van der Waals surface area contributed by atoms with Gasteiger partial charge >= 0.3 is 0 Å². The molecule has 0 aliphatic heterocycles. The van der Waals surface area contributed by atoms with Crippen LogP contribution in [0.3, 0.4) is 0 Å². The second-order valence-electron chi connectivity index (χ2n) is 3.38. The number of aromatic amines is 1. The van der Waals surface area contributed by atoms with E-state index in [9.17, 15) is 4.79 Å². The van der Waals surface area contributed by atoms with Crippen LogP contribution in [0.15, 0.2) is 0 Å². The third-order valence-electron chi connectivity index (χ3n) is 2.10. The predicted octanol–water partition coefficient (Wildman–Crippen LogP) is -0.335. The highest BCUT2D eigenvalue weighted by molar-refractivity contribution is 5.97. The molecule has 0 aliphatic rings. The third-order valence-corrected chi connectivity index (χ3v) is 2.10. The first-order chi connectivity index (χ1) is 7.10. The van der Waals surface area contributed by atoms with Gasteiger partial charge in [0, 0.05) is 6.04 Å². The standard InChI is InChI=1S/C9H16N4O2/c1-3-6-7(10)8(13-12-6)9(15)11-5(2)4-14/h5,14H,3-4,10H2,1-2H3,(H,11,15)(H,12,13). The number of hydrogen-bond donors (Lipinski definition) is 4. The molecule has 1 unspecified atom stereocenters. The van der Waals surface area contributed by atoms with Crippen molar-refractivity contribution < 1.29 is 9.90 Å². The minimum Gasteiger partial charge on any atom is -0.395 e. The fourth-order valence-electron chi connectivity index (χ4n) is 1.17. The second kappa shape index (κ2) is 4.79. The minimum atomic E-state index is -0.370. The number of carbonyl (C=O) groups excluding carboxylic acids is 1. The van der Waals surface area contributed by atoms with Gasteiger partial charge in [0.15, 0.2) is 5.69 Å². The van der Waals surface area contributed by atoms with Crippen LogP contribution in [0, 0.1) is 0 Å². The molecule has 0 aromatic carbocycles. The van der Waals surface area contributed by atoms with Crippen LogP contribution in [0.25, 0.3) is 0 Å². The SMILES string of the molecule is CCc1[nH]nc(C(=O)NC(C)CO)c1N. The Hall–Kier alpha value is -1.56. The Morgan fingerprint density at radius 2 is 2.40 bits per heavy atom. The highest BCUT2D eigenvalue weighted by atomic mass is 16.3. The summed E-state index contributed by atoms with van der Waals surface area (Å²) in [6.45, 7) is 3.50. The first-order valence-corrected chi connectivity index (χ1v) is 4.84. The number of nitrogen functional groups attached to an aromatic ring is 1. The van der Waals surface area contributed by atoms with Crippen LogP contribution < -0.4 is 11.1 Å². The molecule has 0 aliphatic carbocycles. The van der Waals surface area contributed by atoms with Gasteiger partial charge in [0.25, 0.3) is 5.91 Å². The molecule has 1 amide bonds. The fourth-order valence-corrected chi connectivity index (χ4v) is 1.17. The summed E-state index contributed by atoms with van der Waals surface area (Å²) in [5.41, 5.74) is 7.02. The number of H-pyrrole nitrogens is 1. The lowest BCUT2D eigenvalue weighted by Crippen LogP contribution is -2.35. The molecule has 5 N–H and O–H groups in total. The number of nitrogens with one attached hydrogen (secondary N) is 2. The summed E-state index contributed by atoms with van der Waals surface area (Å²) in [6, 6.07) is -0.307. The molecule has 0 saturated carbocycles. The molecular weight excluding hydrogens is 196 g/mol. The number of carbonyl (C=O) groups is 1. The van der Waals surface area contributed by atoms with E-state index in [0.29, 0.717) is 12.1 Å². The van der Waals surface area contributed by atoms with Gasteiger partial charge in [-0.15, -0.1) is 0 Å². The molecule has 1 aromatic heterocycles. The number of nitrogens with zero attached hydrogens (tertiary/aromatic N) is 1. The molecule has 0 fully saturated rings.